The van der Waals surface area contributed by atoms with Crippen LogP contribution >= 0.6 is 27.5 Å². The zero-order valence-electron chi connectivity index (χ0n) is 11.8. The van der Waals surface area contributed by atoms with E-state index in [4.69, 9.17) is 11.6 Å². The van der Waals surface area contributed by atoms with Crippen LogP contribution in [0.2, 0.25) is 5.02 Å². The van der Waals surface area contributed by atoms with Crippen LogP contribution < -0.4 is 0 Å². The number of hydrogen-bond acceptors (Lipinski definition) is 1. The number of fused-ring (bicyclic) bond motifs is 2. The van der Waals surface area contributed by atoms with Crippen LogP contribution in [0.15, 0.2) is 46.9 Å². The van der Waals surface area contributed by atoms with Crippen molar-refractivity contribution in [3.05, 3.63) is 68.7 Å². The van der Waals surface area contributed by atoms with E-state index in [0.717, 1.165) is 11.6 Å². The molecule has 0 unspecified atom stereocenters. The molecule has 3 heteroatoms. The van der Waals surface area contributed by atoms with Crippen LogP contribution in [0.25, 0.3) is 0 Å². The number of piperidine rings is 1. The van der Waals surface area contributed by atoms with Crippen molar-refractivity contribution in [2.24, 2.45) is 0 Å². The Bertz CT molecular complexity index is 672. The van der Waals surface area contributed by atoms with E-state index in [1.807, 2.05) is 12.1 Å². The highest BCUT2D eigenvalue weighted by atomic mass is 79.9. The van der Waals surface area contributed by atoms with Gasteiger partial charge in [-0.25, -0.2) is 0 Å². The predicted octanol–water partition coefficient (Wildman–Crippen LogP) is 5.00. The van der Waals surface area contributed by atoms with Gasteiger partial charge >= 0.3 is 0 Å². The van der Waals surface area contributed by atoms with Crippen LogP contribution in [-0.2, 0) is 12.0 Å². The van der Waals surface area contributed by atoms with Crippen molar-refractivity contribution in [2.75, 3.05) is 13.1 Å². The third kappa shape index (κ3) is 2.25. The molecular formula is C18H17BrClN. The fourth-order valence-electron chi connectivity index (χ4n) is 3.98. The maximum absolute atomic E-state index is 6.09. The summed E-state index contributed by atoms with van der Waals surface area (Å²) < 4.78 is 1.18. The molecule has 2 aromatic carbocycles. The van der Waals surface area contributed by atoms with Gasteiger partial charge in [0.05, 0.1) is 0 Å². The first-order chi connectivity index (χ1) is 10.2. The smallest absolute Gasteiger partial charge is 0.0406 e. The van der Waals surface area contributed by atoms with Gasteiger partial charge < -0.3 is 0 Å². The minimum atomic E-state index is 0.160. The molecule has 108 valence electrons. The van der Waals surface area contributed by atoms with E-state index in [2.05, 4.69) is 51.2 Å². The fourth-order valence-corrected chi connectivity index (χ4v) is 4.51. The molecule has 0 N–H and O–H groups in total. The Balaban J connectivity index is 1.92. The van der Waals surface area contributed by atoms with Gasteiger partial charge in [0.1, 0.15) is 0 Å². The molecule has 1 fully saturated rings. The van der Waals surface area contributed by atoms with E-state index in [1.54, 1.807) is 0 Å². The van der Waals surface area contributed by atoms with Crippen molar-refractivity contribution in [1.82, 2.24) is 4.90 Å². The molecular weight excluding hydrogens is 346 g/mol. The molecule has 1 nitrogen and oxygen atoms in total. The molecule has 0 amide bonds. The highest BCUT2D eigenvalue weighted by Gasteiger charge is 2.41. The SMILES string of the molecule is Clc1ccc(C23CCN(CC2)Cc2cc(Br)ccc23)cc1. The van der Waals surface area contributed by atoms with Crippen molar-refractivity contribution in [3.8, 4) is 0 Å². The van der Waals surface area contributed by atoms with Crippen LogP contribution in [0.5, 0.6) is 0 Å². The van der Waals surface area contributed by atoms with Crippen LogP contribution in [0.3, 0.4) is 0 Å². The second kappa shape index (κ2) is 5.12. The number of rotatable bonds is 1. The van der Waals surface area contributed by atoms with E-state index in [1.165, 1.54) is 47.1 Å². The lowest BCUT2D eigenvalue weighted by atomic mass is 9.68. The zero-order chi connectivity index (χ0) is 14.4. The van der Waals surface area contributed by atoms with Crippen LogP contribution in [-0.4, -0.2) is 18.0 Å². The second-order valence-electron chi connectivity index (χ2n) is 6.17. The molecule has 0 spiro atoms. The zero-order valence-corrected chi connectivity index (χ0v) is 14.1. The van der Waals surface area contributed by atoms with E-state index in [-0.39, 0.29) is 5.41 Å². The third-order valence-corrected chi connectivity index (χ3v) is 5.83. The molecule has 3 aliphatic heterocycles. The summed E-state index contributed by atoms with van der Waals surface area (Å²) in [5, 5.41) is 0.817. The summed E-state index contributed by atoms with van der Waals surface area (Å²) in [5.74, 6) is 0. The van der Waals surface area contributed by atoms with Gasteiger partial charge in [-0.05, 0) is 66.9 Å². The van der Waals surface area contributed by atoms with Crippen molar-refractivity contribution < 1.29 is 0 Å². The van der Waals surface area contributed by atoms with Gasteiger partial charge in [0.15, 0.2) is 0 Å². The van der Waals surface area contributed by atoms with Crippen LogP contribution in [0, 0.1) is 0 Å². The van der Waals surface area contributed by atoms with Gasteiger partial charge in [-0.2, -0.15) is 0 Å². The summed E-state index contributed by atoms with van der Waals surface area (Å²) in [5.41, 5.74) is 4.55. The Morgan fingerprint density at radius 2 is 1.71 bits per heavy atom. The van der Waals surface area contributed by atoms with Gasteiger partial charge in [-0.15, -0.1) is 0 Å². The molecule has 0 atom stereocenters. The van der Waals surface area contributed by atoms with Gasteiger partial charge in [0.2, 0.25) is 0 Å². The Morgan fingerprint density at radius 1 is 1.00 bits per heavy atom. The van der Waals surface area contributed by atoms with Crippen LogP contribution in [0.1, 0.15) is 29.5 Å². The highest BCUT2D eigenvalue weighted by molar-refractivity contribution is 9.10. The lowest BCUT2D eigenvalue weighted by molar-refractivity contribution is 0.190. The van der Waals surface area contributed by atoms with Crippen molar-refractivity contribution in [1.29, 1.82) is 0 Å². The topological polar surface area (TPSA) is 3.24 Å². The number of benzene rings is 2. The molecule has 0 aromatic heterocycles. The highest BCUT2D eigenvalue weighted by Crippen LogP contribution is 2.46. The Morgan fingerprint density at radius 3 is 2.43 bits per heavy atom. The van der Waals surface area contributed by atoms with Crippen molar-refractivity contribution in [3.63, 3.8) is 0 Å². The molecule has 0 aliphatic carbocycles. The Kier molecular flexibility index (Phi) is 3.36. The molecule has 3 heterocycles. The minimum absolute atomic E-state index is 0.160. The predicted molar refractivity (Wildman–Crippen MR) is 90.9 cm³/mol. The Hall–Kier alpha value is -0.830. The van der Waals surface area contributed by atoms with Gasteiger partial charge in [0, 0.05) is 21.5 Å². The lowest BCUT2D eigenvalue weighted by Gasteiger charge is -2.39. The average molecular weight is 363 g/mol. The summed E-state index contributed by atoms with van der Waals surface area (Å²) in [6.45, 7) is 3.42. The second-order valence-corrected chi connectivity index (χ2v) is 7.52. The lowest BCUT2D eigenvalue weighted by Crippen LogP contribution is -2.39. The average Bonchev–Trinajstić information content (AvgIpc) is 2.74. The van der Waals surface area contributed by atoms with E-state index in [9.17, 15) is 0 Å². The molecule has 2 bridgehead atoms. The molecule has 0 saturated carbocycles. The first kappa shape index (κ1) is 13.8. The van der Waals surface area contributed by atoms with Crippen molar-refractivity contribution >= 4 is 27.5 Å². The van der Waals surface area contributed by atoms with Gasteiger partial charge in [-0.3, -0.25) is 4.90 Å². The number of halogens is 2. The normalized spacial score (nSPS) is 27.2. The Labute approximate surface area is 139 Å². The number of hydrogen-bond donors (Lipinski definition) is 0. The quantitative estimate of drug-likeness (QED) is 0.690. The molecule has 3 aliphatic rings. The first-order valence-corrected chi connectivity index (χ1v) is 8.62. The summed E-state index contributed by atoms with van der Waals surface area (Å²) in [7, 11) is 0. The maximum Gasteiger partial charge on any atom is 0.0406 e. The molecule has 1 saturated heterocycles. The summed E-state index contributed by atoms with van der Waals surface area (Å²) >= 11 is 9.71. The summed E-state index contributed by atoms with van der Waals surface area (Å²) in [4.78, 5) is 2.58. The van der Waals surface area contributed by atoms with Crippen molar-refractivity contribution in [2.45, 2.75) is 24.8 Å². The van der Waals surface area contributed by atoms with Gasteiger partial charge in [0.25, 0.3) is 0 Å². The number of nitrogens with zero attached hydrogens (tertiary/aromatic N) is 1. The minimum Gasteiger partial charge on any atom is -0.299 e. The monoisotopic (exact) mass is 361 g/mol. The third-order valence-electron chi connectivity index (χ3n) is 5.08. The maximum atomic E-state index is 6.09. The summed E-state index contributed by atoms with van der Waals surface area (Å²) in [6, 6.07) is 15.3. The molecule has 0 radical (unpaired) electrons. The van der Waals surface area contributed by atoms with Gasteiger partial charge in [-0.1, -0.05) is 45.7 Å². The first-order valence-electron chi connectivity index (χ1n) is 7.45. The molecule has 21 heavy (non-hydrogen) atoms. The standard InChI is InChI=1S/C18H17BrClN/c19-15-3-6-17-13(11-15)12-21-9-7-18(17,8-10-21)14-1-4-16(20)5-2-14/h1-6,11H,7-10,12H2. The fraction of sp³-hybridized carbons (Fsp3) is 0.333. The molecule has 5 rings (SSSR count). The van der Waals surface area contributed by atoms with E-state index < -0.39 is 0 Å². The molecule has 2 aromatic rings. The van der Waals surface area contributed by atoms with Crippen LogP contribution in [0.4, 0.5) is 0 Å². The van der Waals surface area contributed by atoms with E-state index >= 15 is 0 Å². The van der Waals surface area contributed by atoms with E-state index in [0.29, 0.717) is 0 Å². The summed E-state index contributed by atoms with van der Waals surface area (Å²) in [6.07, 6.45) is 2.40. The largest absolute Gasteiger partial charge is 0.299 e.